The van der Waals surface area contributed by atoms with Gasteiger partial charge in [-0.3, -0.25) is 0 Å². The van der Waals surface area contributed by atoms with Crippen LogP contribution in [-0.2, 0) is 0 Å². The largest absolute Gasteiger partial charge is 0.493 e. The third kappa shape index (κ3) is 3.92. The van der Waals surface area contributed by atoms with Crippen LogP contribution in [0.5, 0.6) is 5.75 Å². The zero-order valence-electron chi connectivity index (χ0n) is 9.73. The van der Waals surface area contributed by atoms with Gasteiger partial charge in [0.25, 0.3) is 0 Å². The van der Waals surface area contributed by atoms with Crippen LogP contribution in [0.25, 0.3) is 0 Å². The first kappa shape index (κ1) is 12.5. The first-order valence-corrected chi connectivity index (χ1v) is 5.38. The third-order valence-corrected chi connectivity index (χ3v) is 2.53. The van der Waals surface area contributed by atoms with E-state index in [0.29, 0.717) is 13.0 Å². The number of aliphatic hydroxyl groups is 1. The summed E-state index contributed by atoms with van der Waals surface area (Å²) in [7, 11) is 0. The second-order valence-corrected chi connectivity index (χ2v) is 3.90. The number of nitrogens with zero attached hydrogens (tertiary/aromatic N) is 1. The maximum absolute atomic E-state index is 9.32. The molecule has 0 aliphatic heterocycles. The molecule has 0 saturated heterocycles. The Morgan fingerprint density at radius 2 is 2.12 bits per heavy atom. The minimum absolute atomic E-state index is 0.163. The van der Waals surface area contributed by atoms with Crippen molar-refractivity contribution in [2.75, 3.05) is 6.61 Å². The molecule has 1 unspecified atom stereocenters. The minimum atomic E-state index is -0.587. The molecule has 86 valence electrons. The van der Waals surface area contributed by atoms with E-state index < -0.39 is 6.10 Å². The minimum Gasteiger partial charge on any atom is -0.493 e. The molecule has 0 aromatic heterocycles. The van der Waals surface area contributed by atoms with Crippen LogP contribution in [-0.4, -0.2) is 17.8 Å². The van der Waals surface area contributed by atoms with E-state index in [4.69, 9.17) is 10.00 Å². The van der Waals surface area contributed by atoms with Gasteiger partial charge in [0.15, 0.2) is 0 Å². The van der Waals surface area contributed by atoms with Crippen molar-refractivity contribution in [2.24, 2.45) is 0 Å². The normalized spacial score (nSPS) is 11.9. The number of rotatable bonds is 5. The van der Waals surface area contributed by atoms with E-state index in [0.717, 1.165) is 5.75 Å². The van der Waals surface area contributed by atoms with Gasteiger partial charge in [-0.15, -0.1) is 0 Å². The quantitative estimate of drug-likeness (QED) is 0.827. The fourth-order valence-corrected chi connectivity index (χ4v) is 1.32. The van der Waals surface area contributed by atoms with Crippen molar-refractivity contribution in [3.05, 3.63) is 29.3 Å². The van der Waals surface area contributed by atoms with E-state index in [1.807, 2.05) is 31.2 Å². The van der Waals surface area contributed by atoms with Crippen molar-refractivity contribution < 1.29 is 9.84 Å². The number of aryl methyl sites for hydroxylation is 2. The second-order valence-electron chi connectivity index (χ2n) is 3.90. The summed E-state index contributed by atoms with van der Waals surface area (Å²) in [6, 6.07) is 7.83. The van der Waals surface area contributed by atoms with Crippen molar-refractivity contribution in [3.63, 3.8) is 0 Å². The Morgan fingerprint density at radius 1 is 1.38 bits per heavy atom. The lowest BCUT2D eigenvalue weighted by molar-refractivity contribution is 0.143. The molecule has 1 rings (SSSR count). The highest BCUT2D eigenvalue weighted by atomic mass is 16.5. The molecule has 0 saturated carbocycles. The van der Waals surface area contributed by atoms with Gasteiger partial charge in [0.1, 0.15) is 5.75 Å². The number of hydrogen-bond donors (Lipinski definition) is 1. The molecule has 1 aromatic carbocycles. The summed E-state index contributed by atoms with van der Waals surface area (Å²) in [6.45, 7) is 4.52. The Kier molecular flexibility index (Phi) is 4.81. The summed E-state index contributed by atoms with van der Waals surface area (Å²) in [4.78, 5) is 0. The molecule has 16 heavy (non-hydrogen) atoms. The van der Waals surface area contributed by atoms with E-state index in [-0.39, 0.29) is 6.42 Å². The summed E-state index contributed by atoms with van der Waals surface area (Å²) < 4.78 is 5.49. The fraction of sp³-hybridized carbons (Fsp3) is 0.462. The van der Waals surface area contributed by atoms with Gasteiger partial charge in [-0.1, -0.05) is 6.07 Å². The smallest absolute Gasteiger partial charge is 0.119 e. The zero-order valence-corrected chi connectivity index (χ0v) is 9.73. The van der Waals surface area contributed by atoms with Gasteiger partial charge in [0, 0.05) is 6.42 Å². The Balaban J connectivity index is 2.38. The molecule has 1 N–H and O–H groups in total. The molecular formula is C13H17NO2. The van der Waals surface area contributed by atoms with Gasteiger partial charge in [-0.2, -0.15) is 5.26 Å². The standard InChI is InChI=1S/C13H17NO2/c1-10-3-4-13(9-11(10)2)16-8-6-12(15)5-7-14/h3-4,9,12,15H,5-6,8H2,1-2H3. The van der Waals surface area contributed by atoms with Crippen LogP contribution in [0.2, 0.25) is 0 Å². The predicted octanol–water partition coefficient (Wildman–Crippen LogP) is 2.35. The van der Waals surface area contributed by atoms with E-state index in [2.05, 4.69) is 6.92 Å². The van der Waals surface area contributed by atoms with Crippen LogP contribution >= 0.6 is 0 Å². The molecule has 3 nitrogen and oxygen atoms in total. The van der Waals surface area contributed by atoms with Crippen molar-refractivity contribution in [1.82, 2.24) is 0 Å². The molecule has 0 bridgehead atoms. The van der Waals surface area contributed by atoms with Crippen molar-refractivity contribution in [2.45, 2.75) is 32.8 Å². The molecule has 0 radical (unpaired) electrons. The van der Waals surface area contributed by atoms with Crippen molar-refractivity contribution in [3.8, 4) is 11.8 Å². The van der Waals surface area contributed by atoms with Gasteiger partial charge in [0.2, 0.25) is 0 Å². The van der Waals surface area contributed by atoms with E-state index in [1.165, 1.54) is 11.1 Å². The van der Waals surface area contributed by atoms with E-state index in [9.17, 15) is 5.11 Å². The topological polar surface area (TPSA) is 53.2 Å². The second kappa shape index (κ2) is 6.14. The van der Waals surface area contributed by atoms with Gasteiger partial charge in [-0.05, 0) is 37.1 Å². The van der Waals surface area contributed by atoms with E-state index in [1.54, 1.807) is 0 Å². The fourth-order valence-electron chi connectivity index (χ4n) is 1.32. The van der Waals surface area contributed by atoms with Crippen LogP contribution in [0, 0.1) is 25.2 Å². The number of ether oxygens (including phenoxy) is 1. The molecule has 0 spiro atoms. The van der Waals surface area contributed by atoms with Gasteiger partial charge < -0.3 is 9.84 Å². The predicted molar refractivity (Wildman–Crippen MR) is 62.3 cm³/mol. The van der Waals surface area contributed by atoms with Crippen molar-refractivity contribution >= 4 is 0 Å². The van der Waals surface area contributed by atoms with Crippen LogP contribution < -0.4 is 4.74 Å². The van der Waals surface area contributed by atoms with Crippen molar-refractivity contribution in [1.29, 1.82) is 5.26 Å². The highest BCUT2D eigenvalue weighted by Gasteiger charge is 2.03. The lowest BCUT2D eigenvalue weighted by Crippen LogP contribution is -2.11. The molecule has 0 heterocycles. The Hall–Kier alpha value is -1.53. The average molecular weight is 219 g/mol. The van der Waals surface area contributed by atoms with Crippen LogP contribution in [0.4, 0.5) is 0 Å². The summed E-state index contributed by atoms with van der Waals surface area (Å²) in [5.74, 6) is 0.812. The summed E-state index contributed by atoms with van der Waals surface area (Å²) in [5.41, 5.74) is 2.42. The lowest BCUT2D eigenvalue weighted by atomic mass is 10.1. The molecule has 0 fully saturated rings. The lowest BCUT2D eigenvalue weighted by Gasteiger charge is -2.10. The first-order valence-electron chi connectivity index (χ1n) is 5.38. The zero-order chi connectivity index (χ0) is 12.0. The molecule has 0 amide bonds. The van der Waals surface area contributed by atoms with E-state index >= 15 is 0 Å². The first-order chi connectivity index (χ1) is 7.63. The van der Waals surface area contributed by atoms with Crippen LogP contribution in [0.15, 0.2) is 18.2 Å². The molecule has 1 atom stereocenters. The molecule has 3 heteroatoms. The van der Waals surface area contributed by atoms with Crippen LogP contribution in [0.1, 0.15) is 24.0 Å². The van der Waals surface area contributed by atoms with Gasteiger partial charge >= 0.3 is 0 Å². The maximum Gasteiger partial charge on any atom is 0.119 e. The molecule has 1 aromatic rings. The Morgan fingerprint density at radius 3 is 2.75 bits per heavy atom. The maximum atomic E-state index is 9.32. The van der Waals surface area contributed by atoms with Gasteiger partial charge in [0.05, 0.1) is 25.2 Å². The Bertz CT molecular complexity index is 382. The molecule has 0 aliphatic carbocycles. The number of nitriles is 1. The third-order valence-electron chi connectivity index (χ3n) is 2.53. The number of benzene rings is 1. The monoisotopic (exact) mass is 219 g/mol. The van der Waals surface area contributed by atoms with Crippen LogP contribution in [0.3, 0.4) is 0 Å². The average Bonchev–Trinajstić information content (AvgIpc) is 2.24. The molecule has 0 aliphatic rings. The SMILES string of the molecule is Cc1ccc(OCCC(O)CC#N)cc1C. The Labute approximate surface area is 96.3 Å². The van der Waals surface area contributed by atoms with Gasteiger partial charge in [-0.25, -0.2) is 0 Å². The number of aliphatic hydroxyl groups excluding tert-OH is 1. The summed E-state index contributed by atoms with van der Waals surface area (Å²) in [6.07, 6.45) is 0.0630. The summed E-state index contributed by atoms with van der Waals surface area (Å²) >= 11 is 0. The molecular weight excluding hydrogens is 202 g/mol. The number of hydrogen-bond acceptors (Lipinski definition) is 3. The highest BCUT2D eigenvalue weighted by Crippen LogP contribution is 2.16. The highest BCUT2D eigenvalue weighted by molar-refractivity contribution is 5.33. The summed E-state index contributed by atoms with van der Waals surface area (Å²) in [5, 5.41) is 17.7.